The van der Waals surface area contributed by atoms with Crippen molar-refractivity contribution in [2.75, 3.05) is 19.0 Å². The minimum atomic E-state index is -3.38. The van der Waals surface area contributed by atoms with Crippen molar-refractivity contribution in [3.05, 3.63) is 99.7 Å². The lowest BCUT2D eigenvalue weighted by Crippen LogP contribution is -2.30. The van der Waals surface area contributed by atoms with Gasteiger partial charge >= 0.3 is 0 Å². The van der Waals surface area contributed by atoms with Crippen LogP contribution in [-0.2, 0) is 22.8 Å². The van der Waals surface area contributed by atoms with Gasteiger partial charge in [0, 0.05) is 33.6 Å². The van der Waals surface area contributed by atoms with Gasteiger partial charge in [-0.15, -0.1) is 0 Å². The van der Waals surface area contributed by atoms with E-state index in [1.807, 2.05) is 25.1 Å². The maximum atomic E-state index is 14.2. The highest BCUT2D eigenvalue weighted by molar-refractivity contribution is 7.91. The van der Waals surface area contributed by atoms with E-state index < -0.39 is 41.6 Å². The Morgan fingerprint density at radius 1 is 1.13 bits per heavy atom. The number of sulfone groups is 1. The van der Waals surface area contributed by atoms with Gasteiger partial charge in [0.25, 0.3) is 5.91 Å². The van der Waals surface area contributed by atoms with Crippen LogP contribution in [-0.4, -0.2) is 43.0 Å². The van der Waals surface area contributed by atoms with Crippen LogP contribution in [0.4, 0.5) is 4.39 Å². The summed E-state index contributed by atoms with van der Waals surface area (Å²) < 4.78 is 55.0. The number of nitrogens with one attached hydrogen (secondary N) is 1. The number of aromatic nitrogens is 1. The van der Waals surface area contributed by atoms with Crippen LogP contribution >= 0.6 is 11.6 Å². The van der Waals surface area contributed by atoms with Gasteiger partial charge in [-0.25, -0.2) is 12.8 Å². The highest BCUT2D eigenvalue weighted by atomic mass is 35.5. The van der Waals surface area contributed by atoms with E-state index in [1.54, 1.807) is 47.9 Å². The lowest BCUT2D eigenvalue weighted by molar-refractivity contribution is 0.0916. The van der Waals surface area contributed by atoms with E-state index in [1.165, 1.54) is 12.1 Å². The number of alkyl halides is 1. The predicted octanol–water partition coefficient (Wildman–Crippen LogP) is 5.42. The van der Waals surface area contributed by atoms with Crippen molar-refractivity contribution < 1.29 is 25.5 Å². The zero-order valence-corrected chi connectivity index (χ0v) is 22.6. The average Bonchev–Trinajstić information content (AvgIpc) is 3.23. The molecule has 4 aromatic rings. The first kappa shape index (κ1) is 25.1. The van der Waals surface area contributed by atoms with Crippen molar-refractivity contribution in [3.63, 3.8) is 0 Å². The van der Waals surface area contributed by atoms with Crippen LogP contribution in [0.15, 0.2) is 71.6 Å². The number of halogens is 2. The summed E-state index contributed by atoms with van der Waals surface area (Å²) in [4.78, 5) is 13.3. The quantitative estimate of drug-likeness (QED) is 0.272. The number of aliphatic hydroxyl groups is 1. The molecule has 200 valence electrons. The van der Waals surface area contributed by atoms with Gasteiger partial charge in [-0.2, -0.15) is 0 Å². The van der Waals surface area contributed by atoms with E-state index >= 15 is 0 Å². The van der Waals surface area contributed by atoms with Crippen molar-refractivity contribution in [2.45, 2.75) is 37.8 Å². The van der Waals surface area contributed by atoms with Gasteiger partial charge in [-0.05, 0) is 72.1 Å². The second kappa shape index (κ2) is 11.7. The van der Waals surface area contributed by atoms with E-state index in [0.29, 0.717) is 39.2 Å². The highest BCUT2D eigenvalue weighted by Crippen LogP contribution is 2.26. The molecule has 38 heavy (non-hydrogen) atoms. The molecule has 1 atom stereocenters. The smallest absolute Gasteiger partial charge is 0.251 e. The molecule has 0 unspecified atom stereocenters. The number of fused-ring (bicyclic) bond motifs is 1. The fraction of sp³-hybridized carbons (Fsp3) is 0.276. The van der Waals surface area contributed by atoms with E-state index in [4.69, 9.17) is 14.3 Å². The molecule has 1 heterocycles. The number of rotatable bonds is 10. The fourth-order valence-electron chi connectivity index (χ4n) is 4.47. The second-order valence-electron chi connectivity index (χ2n) is 9.06. The molecule has 9 heteroatoms. The zero-order chi connectivity index (χ0) is 29.2. The Labute approximate surface area is 229 Å². The van der Waals surface area contributed by atoms with Crippen molar-refractivity contribution >= 4 is 38.2 Å². The van der Waals surface area contributed by atoms with E-state index in [-0.39, 0.29) is 10.6 Å². The Bertz CT molecular complexity index is 1650. The van der Waals surface area contributed by atoms with Gasteiger partial charge in [-0.3, -0.25) is 4.79 Å². The third kappa shape index (κ3) is 5.93. The minimum Gasteiger partial charge on any atom is -0.394 e. The third-order valence-corrected chi connectivity index (χ3v) is 8.64. The number of amides is 1. The van der Waals surface area contributed by atoms with Gasteiger partial charge in [0.05, 0.1) is 32.6 Å². The average molecular weight is 559 g/mol. The lowest BCUT2D eigenvalue weighted by Gasteiger charge is -2.17. The van der Waals surface area contributed by atoms with E-state index in [2.05, 4.69) is 5.32 Å². The summed E-state index contributed by atoms with van der Waals surface area (Å²) in [6.45, 7) is -0.397. The lowest BCUT2D eigenvalue weighted by atomic mass is 10.0. The van der Waals surface area contributed by atoms with Crippen LogP contribution in [0.1, 0.15) is 48.4 Å². The Morgan fingerprint density at radius 3 is 2.50 bits per heavy atom. The largest absolute Gasteiger partial charge is 0.394 e. The SMILES string of the molecule is [2H]C([2H])(F)Cn1c(Cc2ccc(Cl)cc2C)cc2cc(C(=O)N[C@@H](CO)c3ccc(S(=O)(=O)CC)cc3)ccc21. The number of hydrogen-bond donors (Lipinski definition) is 2. The molecule has 6 nitrogen and oxygen atoms in total. The topological polar surface area (TPSA) is 88.4 Å². The van der Waals surface area contributed by atoms with Crippen molar-refractivity contribution in [3.8, 4) is 0 Å². The molecule has 2 N–H and O–H groups in total. The molecule has 1 amide bonds. The van der Waals surface area contributed by atoms with E-state index in [0.717, 1.165) is 11.1 Å². The Morgan fingerprint density at radius 2 is 1.87 bits per heavy atom. The van der Waals surface area contributed by atoms with Gasteiger partial charge < -0.3 is 15.0 Å². The summed E-state index contributed by atoms with van der Waals surface area (Å²) in [6.07, 6.45) is 0.408. The number of nitrogens with zero attached hydrogens (tertiary/aromatic N) is 1. The summed E-state index contributed by atoms with van der Waals surface area (Å²) in [5.41, 5.74) is 3.99. The molecule has 0 spiro atoms. The normalized spacial score (nSPS) is 13.7. The predicted molar refractivity (Wildman–Crippen MR) is 148 cm³/mol. The third-order valence-electron chi connectivity index (χ3n) is 6.65. The first-order valence-electron chi connectivity index (χ1n) is 13.1. The molecule has 1 aromatic heterocycles. The van der Waals surface area contributed by atoms with Crippen LogP contribution in [0.5, 0.6) is 0 Å². The maximum absolute atomic E-state index is 14.2. The van der Waals surface area contributed by atoms with Crippen molar-refractivity contribution in [1.82, 2.24) is 9.88 Å². The van der Waals surface area contributed by atoms with Crippen molar-refractivity contribution in [1.29, 1.82) is 0 Å². The summed E-state index contributed by atoms with van der Waals surface area (Å²) in [6, 6.07) is 17.4. The molecule has 0 aliphatic rings. The van der Waals surface area contributed by atoms with Crippen LogP contribution in [0, 0.1) is 6.92 Å². The molecule has 0 aliphatic carbocycles. The number of aliphatic hydroxyl groups excluding tert-OH is 1. The van der Waals surface area contributed by atoms with Gasteiger partial charge in [-0.1, -0.05) is 36.7 Å². The van der Waals surface area contributed by atoms with Gasteiger partial charge in [0.2, 0.25) is 0 Å². The van der Waals surface area contributed by atoms with Crippen LogP contribution < -0.4 is 5.32 Å². The number of carbonyl (C=O) groups is 1. The number of carbonyl (C=O) groups excluding carboxylic acids is 1. The van der Waals surface area contributed by atoms with Gasteiger partial charge in [0.15, 0.2) is 9.84 Å². The number of benzene rings is 3. The monoisotopic (exact) mass is 558 g/mol. The summed E-state index contributed by atoms with van der Waals surface area (Å²) in [5, 5.41) is 13.9. The van der Waals surface area contributed by atoms with Crippen LogP contribution in [0.3, 0.4) is 0 Å². The first-order chi connectivity index (χ1) is 18.8. The Hall–Kier alpha value is -3.20. The summed E-state index contributed by atoms with van der Waals surface area (Å²) in [7, 11) is -3.38. The molecule has 3 aromatic carbocycles. The molecule has 4 rings (SSSR count). The molecular weight excluding hydrogens is 527 g/mol. The molecule has 0 saturated heterocycles. The molecule has 0 bridgehead atoms. The molecule has 0 radical (unpaired) electrons. The molecule has 0 fully saturated rings. The van der Waals surface area contributed by atoms with Crippen molar-refractivity contribution in [2.24, 2.45) is 0 Å². The summed E-state index contributed by atoms with van der Waals surface area (Å²) in [5.74, 6) is -0.497. The Balaban J connectivity index is 1.63. The van der Waals surface area contributed by atoms with Crippen LogP contribution in [0.2, 0.25) is 5.02 Å². The number of aryl methyl sites for hydroxylation is 2. The fourth-order valence-corrected chi connectivity index (χ4v) is 5.58. The number of hydrogen-bond acceptors (Lipinski definition) is 4. The minimum absolute atomic E-state index is 0.0341. The molecule has 0 saturated carbocycles. The zero-order valence-electron chi connectivity index (χ0n) is 23.0. The van der Waals surface area contributed by atoms with Crippen LogP contribution in [0.25, 0.3) is 10.9 Å². The summed E-state index contributed by atoms with van der Waals surface area (Å²) >= 11 is 6.08. The van der Waals surface area contributed by atoms with Gasteiger partial charge in [0.1, 0.15) is 6.63 Å². The first-order valence-corrected chi connectivity index (χ1v) is 14.1. The standard InChI is InChI=1S/C29H30ClFN2O4S/c1-3-38(36,37)26-9-5-20(6-10-26)27(18-34)32-29(35)22-7-11-28-23(15-22)17-25(33(28)13-12-31)16-21-4-8-24(30)14-19(21)2/h4-11,14-15,17,27,34H,3,12-13,16,18H2,1-2H3,(H,32,35)/t27-/m0/s1/i12D2. The Kier molecular flexibility index (Phi) is 7.71. The maximum Gasteiger partial charge on any atom is 0.251 e. The van der Waals surface area contributed by atoms with E-state index in [9.17, 15) is 22.7 Å². The second-order valence-corrected chi connectivity index (χ2v) is 11.8. The highest BCUT2D eigenvalue weighted by Gasteiger charge is 2.19. The molecular formula is C29H30ClFN2O4S. The molecule has 0 aliphatic heterocycles.